The highest BCUT2D eigenvalue weighted by Gasteiger charge is 2.08. The van der Waals surface area contributed by atoms with Crippen LogP contribution < -0.4 is 20.7 Å². The van der Waals surface area contributed by atoms with Crippen LogP contribution in [-0.2, 0) is 14.4 Å². The summed E-state index contributed by atoms with van der Waals surface area (Å²) < 4.78 is 5.47. The minimum atomic E-state index is -0.363. The van der Waals surface area contributed by atoms with E-state index in [1.165, 1.54) is 13.8 Å². The molecule has 3 N–H and O–H groups in total. The van der Waals surface area contributed by atoms with Gasteiger partial charge in [0.25, 0.3) is 5.91 Å². The standard InChI is InChI=1S/C18H19N3O4/c1-12(22)19-14-6-5-7-15(10-14)21-18(24)11-25-17-9-4-3-8-16(17)20-13(2)23/h3-10H,11H2,1-2H3,(H,19,22)(H,20,23)(H,21,24). The molecule has 130 valence electrons. The quantitative estimate of drug-likeness (QED) is 0.752. The first kappa shape index (κ1) is 18.0. The van der Waals surface area contributed by atoms with E-state index in [2.05, 4.69) is 16.0 Å². The monoisotopic (exact) mass is 341 g/mol. The molecule has 0 unspecified atom stereocenters. The lowest BCUT2D eigenvalue weighted by Gasteiger charge is -2.12. The smallest absolute Gasteiger partial charge is 0.262 e. The van der Waals surface area contributed by atoms with Crippen molar-refractivity contribution in [3.05, 3.63) is 48.5 Å². The van der Waals surface area contributed by atoms with Gasteiger partial charge < -0.3 is 20.7 Å². The number of carbonyl (C=O) groups is 3. The van der Waals surface area contributed by atoms with Crippen LogP contribution in [0.25, 0.3) is 0 Å². The Bertz CT molecular complexity index is 789. The Morgan fingerprint density at radius 3 is 2.16 bits per heavy atom. The lowest BCUT2D eigenvalue weighted by atomic mass is 10.2. The van der Waals surface area contributed by atoms with E-state index in [4.69, 9.17) is 4.74 Å². The molecule has 0 heterocycles. The number of rotatable bonds is 6. The van der Waals surface area contributed by atoms with Crippen molar-refractivity contribution in [2.75, 3.05) is 22.6 Å². The van der Waals surface area contributed by atoms with Crippen molar-refractivity contribution in [1.82, 2.24) is 0 Å². The SMILES string of the molecule is CC(=O)Nc1cccc(NC(=O)COc2ccccc2NC(C)=O)c1. The summed E-state index contributed by atoms with van der Waals surface area (Å²) in [5.74, 6) is -0.380. The number of nitrogens with one attached hydrogen (secondary N) is 3. The van der Waals surface area contributed by atoms with Gasteiger partial charge in [0, 0.05) is 25.2 Å². The molecule has 25 heavy (non-hydrogen) atoms. The van der Waals surface area contributed by atoms with Gasteiger partial charge in [-0.2, -0.15) is 0 Å². The molecule has 0 aliphatic rings. The first-order chi connectivity index (χ1) is 11.9. The molecular weight excluding hydrogens is 322 g/mol. The molecule has 2 aromatic carbocycles. The van der Waals surface area contributed by atoms with Crippen molar-refractivity contribution in [3.8, 4) is 5.75 Å². The zero-order valence-corrected chi connectivity index (χ0v) is 14.0. The fourth-order valence-corrected chi connectivity index (χ4v) is 2.10. The number of anilines is 3. The van der Waals surface area contributed by atoms with Crippen LogP contribution in [-0.4, -0.2) is 24.3 Å². The number of benzene rings is 2. The van der Waals surface area contributed by atoms with Crippen LogP contribution in [0.4, 0.5) is 17.1 Å². The van der Waals surface area contributed by atoms with Crippen LogP contribution in [0.15, 0.2) is 48.5 Å². The van der Waals surface area contributed by atoms with Crippen molar-refractivity contribution in [3.63, 3.8) is 0 Å². The van der Waals surface area contributed by atoms with Crippen LogP contribution in [0.5, 0.6) is 5.75 Å². The lowest BCUT2D eigenvalue weighted by molar-refractivity contribution is -0.118. The van der Waals surface area contributed by atoms with Gasteiger partial charge in [0.05, 0.1) is 5.69 Å². The average Bonchev–Trinajstić information content (AvgIpc) is 2.53. The van der Waals surface area contributed by atoms with E-state index in [9.17, 15) is 14.4 Å². The van der Waals surface area contributed by atoms with Gasteiger partial charge in [-0.05, 0) is 30.3 Å². The molecule has 0 saturated heterocycles. The number of hydrogen-bond donors (Lipinski definition) is 3. The van der Waals surface area contributed by atoms with Gasteiger partial charge in [-0.1, -0.05) is 18.2 Å². The normalized spacial score (nSPS) is 9.84. The zero-order valence-electron chi connectivity index (χ0n) is 14.0. The molecule has 0 atom stereocenters. The Labute approximate surface area is 145 Å². The van der Waals surface area contributed by atoms with Crippen molar-refractivity contribution in [2.24, 2.45) is 0 Å². The summed E-state index contributed by atoms with van der Waals surface area (Å²) in [7, 11) is 0. The first-order valence-electron chi connectivity index (χ1n) is 7.61. The minimum Gasteiger partial charge on any atom is -0.482 e. The summed E-state index contributed by atoms with van der Waals surface area (Å²) in [5.41, 5.74) is 1.62. The second kappa shape index (κ2) is 8.49. The second-order valence-electron chi connectivity index (χ2n) is 5.28. The Hall–Kier alpha value is -3.35. The van der Waals surface area contributed by atoms with Crippen LogP contribution in [0.3, 0.4) is 0 Å². The van der Waals surface area contributed by atoms with Crippen LogP contribution >= 0.6 is 0 Å². The van der Waals surface area contributed by atoms with E-state index in [-0.39, 0.29) is 24.3 Å². The van der Waals surface area contributed by atoms with Gasteiger partial charge >= 0.3 is 0 Å². The minimum absolute atomic E-state index is 0.193. The van der Waals surface area contributed by atoms with E-state index in [0.717, 1.165) is 0 Å². The molecule has 0 aliphatic carbocycles. The first-order valence-corrected chi connectivity index (χ1v) is 7.61. The van der Waals surface area contributed by atoms with E-state index >= 15 is 0 Å². The van der Waals surface area contributed by atoms with Gasteiger partial charge in [-0.3, -0.25) is 14.4 Å². The molecule has 0 fully saturated rings. The summed E-state index contributed by atoms with van der Waals surface area (Å²) >= 11 is 0. The highest BCUT2D eigenvalue weighted by Crippen LogP contribution is 2.23. The van der Waals surface area contributed by atoms with E-state index < -0.39 is 0 Å². The van der Waals surface area contributed by atoms with Crippen molar-refractivity contribution >= 4 is 34.8 Å². The Morgan fingerprint density at radius 2 is 1.48 bits per heavy atom. The van der Waals surface area contributed by atoms with Crippen molar-refractivity contribution < 1.29 is 19.1 Å². The highest BCUT2D eigenvalue weighted by atomic mass is 16.5. The van der Waals surface area contributed by atoms with E-state index in [0.29, 0.717) is 22.8 Å². The van der Waals surface area contributed by atoms with Gasteiger partial charge in [-0.25, -0.2) is 0 Å². The molecule has 0 bridgehead atoms. The van der Waals surface area contributed by atoms with E-state index in [1.807, 2.05) is 0 Å². The number of ether oxygens (including phenoxy) is 1. The van der Waals surface area contributed by atoms with Crippen molar-refractivity contribution in [2.45, 2.75) is 13.8 Å². The summed E-state index contributed by atoms with van der Waals surface area (Å²) in [6.07, 6.45) is 0. The third-order valence-electron chi connectivity index (χ3n) is 3.02. The molecule has 0 aromatic heterocycles. The fraction of sp³-hybridized carbons (Fsp3) is 0.167. The summed E-state index contributed by atoms with van der Waals surface area (Å²) in [6, 6.07) is 13.6. The predicted octanol–water partition coefficient (Wildman–Crippen LogP) is 2.62. The summed E-state index contributed by atoms with van der Waals surface area (Å²) in [6.45, 7) is 2.58. The molecular formula is C18H19N3O4. The van der Waals surface area contributed by atoms with Gasteiger partial charge in [0.15, 0.2) is 6.61 Å². The Kier molecular flexibility index (Phi) is 6.11. The number of hydrogen-bond acceptors (Lipinski definition) is 4. The molecule has 0 spiro atoms. The zero-order chi connectivity index (χ0) is 18.2. The maximum Gasteiger partial charge on any atom is 0.262 e. The molecule has 2 aromatic rings. The average molecular weight is 341 g/mol. The Balaban J connectivity index is 1.95. The van der Waals surface area contributed by atoms with Crippen LogP contribution in [0, 0.1) is 0 Å². The Morgan fingerprint density at radius 1 is 0.840 bits per heavy atom. The molecule has 0 aliphatic heterocycles. The van der Waals surface area contributed by atoms with Crippen molar-refractivity contribution in [1.29, 1.82) is 0 Å². The summed E-state index contributed by atoms with van der Waals surface area (Å²) in [4.78, 5) is 34.3. The fourth-order valence-electron chi connectivity index (χ4n) is 2.10. The number of para-hydroxylation sites is 2. The molecule has 0 saturated carbocycles. The third-order valence-corrected chi connectivity index (χ3v) is 3.02. The largest absolute Gasteiger partial charge is 0.482 e. The van der Waals surface area contributed by atoms with Gasteiger partial charge in [0.2, 0.25) is 11.8 Å². The molecule has 2 rings (SSSR count). The van der Waals surface area contributed by atoms with Crippen LogP contribution in [0.1, 0.15) is 13.8 Å². The lowest BCUT2D eigenvalue weighted by Crippen LogP contribution is -2.21. The predicted molar refractivity (Wildman–Crippen MR) is 95.6 cm³/mol. The highest BCUT2D eigenvalue weighted by molar-refractivity contribution is 5.94. The van der Waals surface area contributed by atoms with Gasteiger partial charge in [0.1, 0.15) is 5.75 Å². The van der Waals surface area contributed by atoms with E-state index in [1.54, 1.807) is 48.5 Å². The molecule has 7 nitrogen and oxygen atoms in total. The van der Waals surface area contributed by atoms with Crippen LogP contribution in [0.2, 0.25) is 0 Å². The maximum atomic E-state index is 12.0. The second-order valence-corrected chi connectivity index (χ2v) is 5.28. The molecule has 3 amide bonds. The third kappa shape index (κ3) is 5.98. The van der Waals surface area contributed by atoms with Gasteiger partial charge in [-0.15, -0.1) is 0 Å². The summed E-state index contributed by atoms with van der Waals surface area (Å²) in [5, 5.41) is 7.96. The molecule has 7 heteroatoms. The maximum absolute atomic E-state index is 12.0. The topological polar surface area (TPSA) is 96.5 Å². The number of amides is 3. The number of carbonyl (C=O) groups excluding carboxylic acids is 3. The molecule has 0 radical (unpaired) electrons.